The van der Waals surface area contributed by atoms with Crippen LogP contribution in [0.5, 0.6) is 5.75 Å². The van der Waals surface area contributed by atoms with Crippen molar-refractivity contribution in [1.29, 1.82) is 0 Å². The van der Waals surface area contributed by atoms with E-state index in [9.17, 15) is 24.4 Å². The summed E-state index contributed by atoms with van der Waals surface area (Å²) in [6.07, 6.45) is 0.568. The smallest absolute Gasteiger partial charge is 0.489 e. The molecule has 9 heteroatoms. The maximum absolute atomic E-state index is 12.8. The van der Waals surface area contributed by atoms with Crippen LogP contribution in [0.15, 0.2) is 42.5 Å². The second-order valence-corrected chi connectivity index (χ2v) is 6.15. The van der Waals surface area contributed by atoms with E-state index in [1.54, 1.807) is 24.3 Å². The molecule has 0 aromatic heterocycles. The number of rotatable bonds is 5. The third kappa shape index (κ3) is 3.30. The molecule has 1 unspecified atom stereocenters. The van der Waals surface area contributed by atoms with Crippen LogP contribution in [0, 0.1) is 0 Å². The number of amides is 2. The van der Waals surface area contributed by atoms with Gasteiger partial charge in [0.05, 0.1) is 6.61 Å². The van der Waals surface area contributed by atoms with E-state index < -0.39 is 24.5 Å². The van der Waals surface area contributed by atoms with Crippen LogP contribution in [0.3, 0.4) is 0 Å². The maximum atomic E-state index is 12.8. The van der Waals surface area contributed by atoms with Crippen LogP contribution >= 0.6 is 0 Å². The fourth-order valence-electron chi connectivity index (χ4n) is 3.16. The Morgan fingerprint density at radius 2 is 1.96 bits per heavy atom. The van der Waals surface area contributed by atoms with Crippen molar-refractivity contribution >= 4 is 30.7 Å². The van der Waals surface area contributed by atoms with Gasteiger partial charge < -0.3 is 25.8 Å². The van der Waals surface area contributed by atoms with Crippen molar-refractivity contribution in [1.82, 2.24) is 5.32 Å². The number of aldehydes is 1. The van der Waals surface area contributed by atoms with Crippen LogP contribution in [0.25, 0.3) is 0 Å². The predicted molar refractivity (Wildman–Crippen MR) is 96.5 cm³/mol. The van der Waals surface area contributed by atoms with Crippen molar-refractivity contribution in [2.24, 2.45) is 5.73 Å². The summed E-state index contributed by atoms with van der Waals surface area (Å²) in [6, 6.07) is 10.6. The molecule has 0 spiro atoms. The van der Waals surface area contributed by atoms with Gasteiger partial charge in [-0.3, -0.25) is 14.4 Å². The van der Waals surface area contributed by atoms with Crippen molar-refractivity contribution in [3.8, 4) is 5.75 Å². The molecule has 1 aliphatic heterocycles. The van der Waals surface area contributed by atoms with Gasteiger partial charge in [0.15, 0.2) is 5.54 Å². The fraction of sp³-hybridized carbons (Fsp3) is 0.167. The number of primary amides is 1. The first-order valence-corrected chi connectivity index (χ1v) is 8.19. The molecule has 138 valence electrons. The second kappa shape index (κ2) is 7.22. The lowest BCUT2D eigenvalue weighted by atomic mass is 9.76. The van der Waals surface area contributed by atoms with Gasteiger partial charge in [0, 0.05) is 23.1 Å². The Labute approximate surface area is 155 Å². The predicted octanol–water partition coefficient (Wildman–Crippen LogP) is -0.928. The largest absolute Gasteiger partial charge is 0.493 e. The number of fused-ring (bicyclic) bond motifs is 1. The Morgan fingerprint density at radius 3 is 2.63 bits per heavy atom. The van der Waals surface area contributed by atoms with E-state index in [0.717, 1.165) is 0 Å². The number of para-hydroxylation sites is 1. The number of nitrogens with one attached hydrogen (secondary N) is 1. The summed E-state index contributed by atoms with van der Waals surface area (Å²) in [4.78, 5) is 36.3. The number of benzene rings is 2. The number of hydrogen-bond donors (Lipinski definition) is 4. The summed E-state index contributed by atoms with van der Waals surface area (Å²) >= 11 is 0. The van der Waals surface area contributed by atoms with Crippen LogP contribution in [-0.2, 0) is 10.3 Å². The van der Waals surface area contributed by atoms with E-state index in [-0.39, 0.29) is 29.6 Å². The highest BCUT2D eigenvalue weighted by Gasteiger charge is 2.44. The highest BCUT2D eigenvalue weighted by atomic mass is 16.5. The van der Waals surface area contributed by atoms with Gasteiger partial charge >= 0.3 is 7.12 Å². The standard InChI is InChI=1S/C18H17BN2O6/c20-17(24)18(7-8-27-15-4-2-1-3-13(15)18)21-16(23)11-5-6-14(19(25)26)12(9-11)10-22/h1-6,9-10,25-26H,7-8H2,(H2,20,24)(H,21,23). The molecule has 0 radical (unpaired) electrons. The fourth-order valence-corrected chi connectivity index (χ4v) is 3.16. The van der Waals surface area contributed by atoms with Crippen molar-refractivity contribution < 1.29 is 29.2 Å². The number of ether oxygens (including phenoxy) is 1. The average Bonchev–Trinajstić information content (AvgIpc) is 2.67. The third-order valence-electron chi connectivity index (χ3n) is 4.58. The molecule has 0 saturated carbocycles. The number of carbonyl (C=O) groups is 3. The lowest BCUT2D eigenvalue weighted by molar-refractivity contribution is -0.125. The molecule has 1 atom stereocenters. The molecule has 2 aromatic carbocycles. The van der Waals surface area contributed by atoms with E-state index >= 15 is 0 Å². The van der Waals surface area contributed by atoms with Crippen molar-refractivity contribution in [2.45, 2.75) is 12.0 Å². The highest BCUT2D eigenvalue weighted by Crippen LogP contribution is 2.37. The van der Waals surface area contributed by atoms with Crippen LogP contribution in [0.1, 0.15) is 32.7 Å². The highest BCUT2D eigenvalue weighted by molar-refractivity contribution is 6.60. The Kier molecular flexibility index (Phi) is 4.98. The van der Waals surface area contributed by atoms with E-state index in [2.05, 4.69) is 5.32 Å². The third-order valence-corrected chi connectivity index (χ3v) is 4.58. The maximum Gasteiger partial charge on any atom is 0.489 e. The lowest BCUT2D eigenvalue weighted by Gasteiger charge is -2.36. The minimum Gasteiger partial charge on any atom is -0.493 e. The normalized spacial score (nSPS) is 18.0. The molecular formula is C18H17BN2O6. The van der Waals surface area contributed by atoms with Crippen LogP contribution < -0.4 is 21.3 Å². The summed E-state index contributed by atoms with van der Waals surface area (Å²) in [5.41, 5.74) is 4.64. The Bertz CT molecular complexity index is 916. The first-order chi connectivity index (χ1) is 12.9. The molecule has 5 N–H and O–H groups in total. The molecule has 0 aliphatic carbocycles. The molecule has 27 heavy (non-hydrogen) atoms. The number of carbonyl (C=O) groups excluding carboxylic acids is 3. The van der Waals surface area contributed by atoms with Crippen LogP contribution in [0.4, 0.5) is 0 Å². The molecule has 2 amide bonds. The second-order valence-electron chi connectivity index (χ2n) is 6.15. The topological polar surface area (TPSA) is 139 Å². The summed E-state index contributed by atoms with van der Waals surface area (Å²) in [6.45, 7) is 0.190. The summed E-state index contributed by atoms with van der Waals surface area (Å²) < 4.78 is 5.53. The van der Waals surface area contributed by atoms with E-state index in [1.807, 2.05) is 0 Å². The molecular weight excluding hydrogens is 351 g/mol. The molecule has 0 saturated heterocycles. The first kappa shape index (κ1) is 18.6. The molecule has 8 nitrogen and oxygen atoms in total. The summed E-state index contributed by atoms with van der Waals surface area (Å²) in [5, 5.41) is 21.2. The van der Waals surface area contributed by atoms with Crippen LogP contribution in [-0.4, -0.2) is 41.9 Å². The Morgan fingerprint density at radius 1 is 1.22 bits per heavy atom. The average molecular weight is 368 g/mol. The van der Waals surface area contributed by atoms with Crippen LogP contribution in [0.2, 0.25) is 0 Å². The van der Waals surface area contributed by atoms with Gasteiger partial charge in [0.2, 0.25) is 5.91 Å². The van der Waals surface area contributed by atoms with E-state index in [4.69, 9.17) is 10.5 Å². The summed E-state index contributed by atoms with van der Waals surface area (Å²) in [5.74, 6) is -0.910. The molecule has 1 heterocycles. The van der Waals surface area contributed by atoms with Gasteiger partial charge in [-0.05, 0) is 23.7 Å². The zero-order chi connectivity index (χ0) is 19.6. The zero-order valence-electron chi connectivity index (χ0n) is 14.2. The van der Waals surface area contributed by atoms with Crippen molar-refractivity contribution in [2.75, 3.05) is 6.61 Å². The monoisotopic (exact) mass is 368 g/mol. The number of hydrogen-bond acceptors (Lipinski definition) is 6. The zero-order valence-corrected chi connectivity index (χ0v) is 14.2. The first-order valence-electron chi connectivity index (χ1n) is 8.19. The number of nitrogens with two attached hydrogens (primary N) is 1. The lowest BCUT2D eigenvalue weighted by Crippen LogP contribution is -2.57. The molecule has 2 aromatic rings. The molecule has 3 rings (SSSR count). The van der Waals surface area contributed by atoms with Gasteiger partial charge in [0.1, 0.15) is 12.0 Å². The van der Waals surface area contributed by atoms with Crippen molar-refractivity contribution in [3.63, 3.8) is 0 Å². The summed E-state index contributed by atoms with van der Waals surface area (Å²) in [7, 11) is -1.85. The van der Waals surface area contributed by atoms with Crippen molar-refractivity contribution in [3.05, 3.63) is 59.2 Å². The molecule has 0 bridgehead atoms. The van der Waals surface area contributed by atoms with Gasteiger partial charge in [-0.15, -0.1) is 0 Å². The quantitative estimate of drug-likeness (QED) is 0.397. The van der Waals surface area contributed by atoms with Gasteiger partial charge in [-0.25, -0.2) is 0 Å². The van der Waals surface area contributed by atoms with Gasteiger partial charge in [-0.1, -0.05) is 24.3 Å². The van der Waals surface area contributed by atoms with E-state index in [1.165, 1.54) is 18.2 Å². The molecule has 0 fully saturated rings. The van der Waals surface area contributed by atoms with Gasteiger partial charge in [-0.2, -0.15) is 0 Å². The van der Waals surface area contributed by atoms with E-state index in [0.29, 0.717) is 17.6 Å². The Balaban J connectivity index is 1.99. The molecule has 1 aliphatic rings. The Hall–Kier alpha value is -3.17. The minimum absolute atomic E-state index is 0.0254. The van der Waals surface area contributed by atoms with Gasteiger partial charge in [0.25, 0.3) is 5.91 Å². The SMILES string of the molecule is NC(=O)C1(NC(=O)c2ccc(B(O)O)c(C=O)c2)CCOc2ccccc21. The minimum atomic E-state index is -1.85.